The van der Waals surface area contributed by atoms with Crippen LogP contribution in [-0.2, 0) is 19.6 Å². The lowest BCUT2D eigenvalue weighted by atomic mass is 9.97. The van der Waals surface area contributed by atoms with Crippen molar-refractivity contribution in [3.8, 4) is 16.9 Å². The Morgan fingerprint density at radius 3 is 2.41 bits per heavy atom. The van der Waals surface area contributed by atoms with Crippen LogP contribution in [0.25, 0.3) is 11.1 Å². The number of benzene rings is 2. The number of ether oxygens (including phenoxy) is 2. The van der Waals surface area contributed by atoms with E-state index in [0.717, 1.165) is 11.1 Å². The molecule has 0 unspecified atom stereocenters. The van der Waals surface area contributed by atoms with Gasteiger partial charge in [0, 0.05) is 12.6 Å². The Kier molecular flexibility index (Phi) is 7.10. The van der Waals surface area contributed by atoms with E-state index in [1.807, 2.05) is 12.1 Å². The van der Waals surface area contributed by atoms with E-state index in [1.54, 1.807) is 36.4 Å². The van der Waals surface area contributed by atoms with Gasteiger partial charge in [0.05, 0.1) is 11.9 Å². The third-order valence-corrected chi connectivity index (χ3v) is 7.63. The van der Waals surface area contributed by atoms with Gasteiger partial charge in [0.25, 0.3) is 0 Å². The number of hydrogen-bond donors (Lipinski definition) is 5. The number of anilines is 1. The molecule has 1 aliphatic heterocycles. The molecule has 0 aromatic heterocycles. The summed E-state index contributed by atoms with van der Waals surface area (Å²) in [5, 5.41) is 32.3. The number of nitrogens with one attached hydrogen (secondary N) is 2. The van der Waals surface area contributed by atoms with Crippen LogP contribution in [0, 0.1) is 0 Å². The van der Waals surface area contributed by atoms with Crippen molar-refractivity contribution in [1.29, 1.82) is 0 Å². The molecule has 1 saturated heterocycles. The number of amides is 1. The van der Waals surface area contributed by atoms with Gasteiger partial charge in [0.2, 0.25) is 22.2 Å². The van der Waals surface area contributed by atoms with E-state index >= 15 is 0 Å². The molecule has 1 saturated carbocycles. The van der Waals surface area contributed by atoms with Gasteiger partial charge in [-0.05, 0) is 48.2 Å². The summed E-state index contributed by atoms with van der Waals surface area (Å²) in [6, 6.07) is 12.8. The van der Waals surface area contributed by atoms with Crippen LogP contribution in [-0.4, -0.2) is 72.1 Å². The highest BCUT2D eigenvalue weighted by Crippen LogP contribution is 2.32. The largest absolute Gasteiger partial charge is 0.463 e. The number of aliphatic hydroxyl groups excluding tert-OH is 3. The second-order valence-corrected chi connectivity index (χ2v) is 10.5. The molecule has 2 aliphatic rings. The molecule has 10 nitrogen and oxygen atoms in total. The first-order valence-electron chi connectivity index (χ1n) is 11.0. The van der Waals surface area contributed by atoms with E-state index in [4.69, 9.17) is 9.47 Å². The summed E-state index contributed by atoms with van der Waals surface area (Å²) in [6.07, 6.45) is -3.76. The van der Waals surface area contributed by atoms with Crippen molar-refractivity contribution >= 4 is 21.6 Å². The van der Waals surface area contributed by atoms with Gasteiger partial charge < -0.3 is 30.1 Å². The average Bonchev–Trinajstić information content (AvgIpc) is 3.65. The van der Waals surface area contributed by atoms with Crippen molar-refractivity contribution < 1.29 is 38.0 Å². The molecule has 34 heavy (non-hydrogen) atoms. The lowest BCUT2D eigenvalue weighted by Gasteiger charge is -2.42. The Balaban J connectivity index is 1.55. The molecule has 1 aliphatic carbocycles. The van der Waals surface area contributed by atoms with E-state index in [1.165, 1.54) is 6.92 Å². The lowest BCUT2D eigenvalue weighted by molar-refractivity contribution is -0.244. The van der Waals surface area contributed by atoms with Gasteiger partial charge in [-0.2, -0.15) is 0 Å². The van der Waals surface area contributed by atoms with Crippen molar-refractivity contribution in [2.75, 3.05) is 11.3 Å². The normalized spacial score (nSPS) is 27.1. The number of carbonyl (C=O) groups is 1. The van der Waals surface area contributed by atoms with Crippen LogP contribution in [0.2, 0.25) is 0 Å². The summed E-state index contributed by atoms with van der Waals surface area (Å²) < 4.78 is 38.7. The first kappa shape index (κ1) is 24.4. The van der Waals surface area contributed by atoms with Crippen molar-refractivity contribution in [3.05, 3.63) is 48.5 Å². The Bertz CT molecular complexity index is 1140. The maximum Gasteiger partial charge on any atom is 0.235 e. The highest BCUT2D eigenvalue weighted by atomic mass is 32.2. The molecule has 1 heterocycles. The van der Waals surface area contributed by atoms with E-state index < -0.39 is 53.2 Å². The molecule has 11 heteroatoms. The fourth-order valence-electron chi connectivity index (χ4n) is 3.84. The molecule has 0 radical (unpaired) electrons. The van der Waals surface area contributed by atoms with Gasteiger partial charge >= 0.3 is 0 Å². The minimum atomic E-state index is -3.39. The summed E-state index contributed by atoms with van der Waals surface area (Å²) in [5.41, 5.74) is 1.93. The zero-order valence-corrected chi connectivity index (χ0v) is 19.3. The molecule has 5 atom stereocenters. The smallest absolute Gasteiger partial charge is 0.235 e. The van der Waals surface area contributed by atoms with Crippen LogP contribution in [0.4, 0.5) is 5.69 Å². The molecule has 0 spiro atoms. The summed E-state index contributed by atoms with van der Waals surface area (Å²) in [5.74, 6) is -0.0998. The Morgan fingerprint density at radius 1 is 1.09 bits per heavy atom. The van der Waals surface area contributed by atoms with Gasteiger partial charge in [-0.1, -0.05) is 24.3 Å². The maximum absolute atomic E-state index is 12.3. The summed E-state index contributed by atoms with van der Waals surface area (Å²) in [4.78, 5) is 11.6. The molecule has 5 N–H and O–H groups in total. The van der Waals surface area contributed by atoms with E-state index in [0.29, 0.717) is 24.3 Å². The zero-order valence-electron chi connectivity index (χ0n) is 18.5. The lowest BCUT2D eigenvalue weighted by Crippen LogP contribution is -2.65. The molecular formula is C23H28N2O8S. The summed E-state index contributed by atoms with van der Waals surface area (Å²) in [6.45, 7) is 0.716. The first-order chi connectivity index (χ1) is 16.2. The third-order valence-electron chi connectivity index (χ3n) is 5.76. The topological polar surface area (TPSA) is 154 Å². The molecule has 184 valence electrons. The fourth-order valence-corrected chi connectivity index (χ4v) is 5.22. The molecule has 0 bridgehead atoms. The summed E-state index contributed by atoms with van der Waals surface area (Å²) >= 11 is 0. The van der Waals surface area contributed by atoms with Gasteiger partial charge in [-0.25, -0.2) is 8.42 Å². The molecule has 2 fully saturated rings. The maximum atomic E-state index is 12.3. The average molecular weight is 493 g/mol. The predicted octanol–water partition coefficient (Wildman–Crippen LogP) is 0.580. The molecular weight excluding hydrogens is 464 g/mol. The SMILES string of the molecule is CC(=O)N[C@H]1[C@H](Oc2cccc(-c3cccc(NS(=O)(=O)C4CC4)c3)c2)O[C@H](CO)[C@H](O)[C@@H]1O. The van der Waals surface area contributed by atoms with Crippen molar-refractivity contribution in [3.63, 3.8) is 0 Å². The van der Waals surface area contributed by atoms with Gasteiger partial charge in [-0.15, -0.1) is 0 Å². The Labute approximate surface area is 197 Å². The first-order valence-corrected chi connectivity index (χ1v) is 12.5. The van der Waals surface area contributed by atoms with Crippen molar-refractivity contribution in [2.24, 2.45) is 0 Å². The monoisotopic (exact) mass is 492 g/mol. The van der Waals surface area contributed by atoms with Crippen LogP contribution in [0.5, 0.6) is 5.75 Å². The van der Waals surface area contributed by atoms with E-state index in [-0.39, 0.29) is 5.25 Å². The fraction of sp³-hybridized carbons (Fsp3) is 0.435. The van der Waals surface area contributed by atoms with Crippen LogP contribution >= 0.6 is 0 Å². The van der Waals surface area contributed by atoms with Crippen LogP contribution in [0.3, 0.4) is 0 Å². The molecule has 4 rings (SSSR count). The predicted molar refractivity (Wildman–Crippen MR) is 123 cm³/mol. The molecule has 2 aromatic rings. The van der Waals surface area contributed by atoms with Crippen molar-refractivity contribution in [1.82, 2.24) is 5.32 Å². The number of carbonyl (C=O) groups excluding carboxylic acids is 1. The van der Waals surface area contributed by atoms with Gasteiger partial charge in [0.15, 0.2) is 0 Å². The van der Waals surface area contributed by atoms with Crippen LogP contribution < -0.4 is 14.8 Å². The van der Waals surface area contributed by atoms with Gasteiger partial charge in [-0.3, -0.25) is 9.52 Å². The highest BCUT2D eigenvalue weighted by Gasteiger charge is 2.46. The third kappa shape index (κ3) is 5.50. The van der Waals surface area contributed by atoms with Gasteiger partial charge in [0.1, 0.15) is 30.1 Å². The number of hydrogen-bond acceptors (Lipinski definition) is 8. The second kappa shape index (κ2) is 9.88. The molecule has 2 aromatic carbocycles. The standard InChI is InChI=1S/C23H28N2O8S/c1-13(27)24-20-22(29)21(28)19(12-26)33-23(20)32-17-7-3-5-15(11-17)14-4-2-6-16(10-14)25-34(30,31)18-8-9-18/h2-7,10-11,18-23,25-26,28-29H,8-9,12H2,1H3,(H,24,27)/t19-,20-,21+,22-,23-/m1/s1. The number of sulfonamides is 1. The second-order valence-electron chi connectivity index (χ2n) is 8.51. The van der Waals surface area contributed by atoms with E-state index in [2.05, 4.69) is 10.0 Å². The van der Waals surface area contributed by atoms with Crippen LogP contribution in [0.1, 0.15) is 19.8 Å². The Hall–Kier alpha value is -2.70. The quantitative estimate of drug-likeness (QED) is 0.359. The minimum Gasteiger partial charge on any atom is -0.463 e. The van der Waals surface area contributed by atoms with E-state index in [9.17, 15) is 28.5 Å². The minimum absolute atomic E-state index is 0.337. The number of aliphatic hydroxyl groups is 3. The molecule has 1 amide bonds. The summed E-state index contributed by atoms with van der Waals surface area (Å²) in [7, 11) is -3.39. The zero-order chi connectivity index (χ0) is 24.5. The van der Waals surface area contributed by atoms with Crippen LogP contribution in [0.15, 0.2) is 48.5 Å². The Morgan fingerprint density at radius 2 is 1.76 bits per heavy atom. The highest BCUT2D eigenvalue weighted by molar-refractivity contribution is 7.93. The van der Waals surface area contributed by atoms with Crippen molar-refractivity contribution in [2.45, 2.75) is 55.7 Å². The number of rotatable bonds is 8.